The van der Waals surface area contributed by atoms with Crippen LogP contribution in [0.4, 0.5) is 0 Å². The molecule has 0 rings (SSSR count). The van der Waals surface area contributed by atoms with Gasteiger partial charge < -0.3 is 4.74 Å². The lowest BCUT2D eigenvalue weighted by atomic mass is 9.99. The molecule has 0 saturated carbocycles. The first kappa shape index (κ1) is 18.9. The molecule has 4 nitrogen and oxygen atoms in total. The van der Waals surface area contributed by atoms with Gasteiger partial charge in [0.2, 0.25) is 10.0 Å². The summed E-state index contributed by atoms with van der Waals surface area (Å²) in [6.45, 7) is 8.74. The van der Waals surface area contributed by atoms with Gasteiger partial charge in [-0.05, 0) is 25.2 Å². The molecule has 0 saturated heterocycles. The number of unbranched alkanes of at least 4 members (excludes halogenated alkanes) is 3. The number of primary sulfonamides is 1. The Kier molecular flexibility index (Phi) is 9.66. The van der Waals surface area contributed by atoms with Crippen molar-refractivity contribution in [2.24, 2.45) is 17.0 Å². The van der Waals surface area contributed by atoms with Crippen molar-refractivity contribution in [2.45, 2.75) is 65.9 Å². The van der Waals surface area contributed by atoms with Crippen LogP contribution >= 0.6 is 0 Å². The van der Waals surface area contributed by atoms with Gasteiger partial charge in [0.05, 0.1) is 18.5 Å². The average molecular weight is 293 g/mol. The molecule has 0 aromatic rings. The molecule has 0 aromatic heterocycles. The molecule has 5 heteroatoms. The van der Waals surface area contributed by atoms with E-state index in [-0.39, 0.29) is 23.7 Å². The van der Waals surface area contributed by atoms with Crippen LogP contribution in [-0.2, 0) is 14.8 Å². The van der Waals surface area contributed by atoms with E-state index in [0.29, 0.717) is 6.61 Å². The van der Waals surface area contributed by atoms with Gasteiger partial charge in [-0.1, -0.05) is 46.5 Å². The van der Waals surface area contributed by atoms with E-state index in [1.165, 1.54) is 25.7 Å². The second kappa shape index (κ2) is 9.72. The maximum Gasteiger partial charge on any atom is 0.209 e. The summed E-state index contributed by atoms with van der Waals surface area (Å²) in [4.78, 5) is 0. The van der Waals surface area contributed by atoms with Crippen LogP contribution in [0, 0.1) is 11.8 Å². The summed E-state index contributed by atoms with van der Waals surface area (Å²) in [5.41, 5.74) is 0. The molecule has 0 heterocycles. The molecule has 19 heavy (non-hydrogen) atoms. The third-order valence-electron chi connectivity index (χ3n) is 3.45. The molecule has 2 unspecified atom stereocenters. The fraction of sp³-hybridized carbons (Fsp3) is 1.00. The van der Waals surface area contributed by atoms with E-state index in [4.69, 9.17) is 9.88 Å². The zero-order chi connectivity index (χ0) is 14.9. The number of hydrogen-bond donors (Lipinski definition) is 1. The minimum Gasteiger partial charge on any atom is -0.378 e. The van der Waals surface area contributed by atoms with Crippen molar-refractivity contribution in [3.8, 4) is 0 Å². The zero-order valence-electron chi connectivity index (χ0n) is 12.9. The van der Waals surface area contributed by atoms with Crippen LogP contribution in [0.1, 0.15) is 59.8 Å². The Morgan fingerprint density at radius 3 is 2.21 bits per heavy atom. The first-order valence-corrected chi connectivity index (χ1v) is 9.09. The van der Waals surface area contributed by atoms with E-state index in [9.17, 15) is 8.42 Å². The van der Waals surface area contributed by atoms with E-state index in [2.05, 4.69) is 13.8 Å². The predicted molar refractivity (Wildman–Crippen MR) is 80.5 cm³/mol. The van der Waals surface area contributed by atoms with Crippen molar-refractivity contribution in [3.63, 3.8) is 0 Å². The van der Waals surface area contributed by atoms with Crippen molar-refractivity contribution in [2.75, 3.05) is 12.4 Å². The molecule has 0 bridgehead atoms. The molecule has 116 valence electrons. The van der Waals surface area contributed by atoms with Crippen LogP contribution < -0.4 is 5.14 Å². The summed E-state index contributed by atoms with van der Waals surface area (Å²) in [5, 5.41) is 5.11. The van der Waals surface area contributed by atoms with Crippen LogP contribution in [0.3, 0.4) is 0 Å². The van der Waals surface area contributed by atoms with Crippen LogP contribution in [0.25, 0.3) is 0 Å². The number of nitrogens with two attached hydrogens (primary N) is 1. The summed E-state index contributed by atoms with van der Waals surface area (Å²) < 4.78 is 28.1. The van der Waals surface area contributed by atoms with Gasteiger partial charge in [0.15, 0.2) is 0 Å². The lowest BCUT2D eigenvalue weighted by Gasteiger charge is -2.22. The summed E-state index contributed by atoms with van der Waals surface area (Å²) >= 11 is 0. The molecule has 0 radical (unpaired) electrons. The molecular weight excluding hydrogens is 262 g/mol. The van der Waals surface area contributed by atoms with Gasteiger partial charge >= 0.3 is 0 Å². The maximum atomic E-state index is 11.2. The lowest BCUT2D eigenvalue weighted by Crippen LogP contribution is -2.30. The second-order valence-electron chi connectivity index (χ2n) is 5.83. The van der Waals surface area contributed by atoms with Gasteiger partial charge in [-0.2, -0.15) is 0 Å². The molecular formula is C14H31NO3S. The highest BCUT2D eigenvalue weighted by Gasteiger charge is 2.20. The molecule has 0 aromatic carbocycles. The van der Waals surface area contributed by atoms with Crippen LogP contribution in [0.2, 0.25) is 0 Å². The van der Waals surface area contributed by atoms with Crippen molar-refractivity contribution >= 4 is 10.0 Å². The summed E-state index contributed by atoms with van der Waals surface area (Å²) in [6, 6.07) is 0. The average Bonchev–Trinajstić information content (AvgIpc) is 2.28. The molecule has 2 N–H and O–H groups in total. The van der Waals surface area contributed by atoms with E-state index in [1.54, 1.807) is 0 Å². The molecule has 0 fully saturated rings. The van der Waals surface area contributed by atoms with Crippen molar-refractivity contribution in [1.82, 2.24) is 0 Å². The zero-order valence-corrected chi connectivity index (χ0v) is 13.7. The van der Waals surface area contributed by atoms with Crippen LogP contribution in [0.5, 0.6) is 0 Å². The van der Waals surface area contributed by atoms with E-state index < -0.39 is 10.0 Å². The summed E-state index contributed by atoms with van der Waals surface area (Å²) in [6.07, 6.45) is 6.16. The summed E-state index contributed by atoms with van der Waals surface area (Å²) in [7, 11) is -3.42. The number of ether oxygens (including phenoxy) is 1. The first-order chi connectivity index (χ1) is 8.76. The minimum atomic E-state index is -3.42. The third kappa shape index (κ3) is 11.4. The van der Waals surface area contributed by atoms with Gasteiger partial charge in [0.1, 0.15) is 0 Å². The largest absolute Gasteiger partial charge is 0.378 e. The molecule has 0 aliphatic rings. The highest BCUT2D eigenvalue weighted by atomic mass is 32.2. The molecule has 2 atom stereocenters. The SMILES string of the molecule is CCCCCCC(C)OCC(CS(N)(=O)=O)C(C)C. The topological polar surface area (TPSA) is 69.4 Å². The normalized spacial score (nSPS) is 15.7. The quantitative estimate of drug-likeness (QED) is 0.595. The van der Waals surface area contributed by atoms with Crippen LogP contribution in [-0.4, -0.2) is 26.9 Å². The molecule has 0 aliphatic heterocycles. The van der Waals surface area contributed by atoms with E-state index in [0.717, 1.165) is 6.42 Å². The van der Waals surface area contributed by atoms with Gasteiger partial charge in [-0.3, -0.25) is 0 Å². The molecule has 0 spiro atoms. The number of rotatable bonds is 11. The van der Waals surface area contributed by atoms with E-state index >= 15 is 0 Å². The lowest BCUT2D eigenvalue weighted by molar-refractivity contribution is 0.0286. The monoisotopic (exact) mass is 293 g/mol. The second-order valence-corrected chi connectivity index (χ2v) is 7.49. The van der Waals surface area contributed by atoms with Crippen LogP contribution in [0.15, 0.2) is 0 Å². The fourth-order valence-corrected chi connectivity index (χ4v) is 3.04. The Morgan fingerprint density at radius 1 is 1.11 bits per heavy atom. The summed E-state index contributed by atoms with van der Waals surface area (Å²) in [5.74, 6) is 0.242. The smallest absolute Gasteiger partial charge is 0.209 e. The van der Waals surface area contributed by atoms with Crippen molar-refractivity contribution < 1.29 is 13.2 Å². The fourth-order valence-electron chi connectivity index (χ4n) is 1.96. The third-order valence-corrected chi connectivity index (χ3v) is 4.34. The van der Waals surface area contributed by atoms with Crippen molar-refractivity contribution in [1.29, 1.82) is 0 Å². The van der Waals surface area contributed by atoms with Gasteiger partial charge in [0.25, 0.3) is 0 Å². The Morgan fingerprint density at radius 2 is 1.74 bits per heavy atom. The van der Waals surface area contributed by atoms with E-state index in [1.807, 2.05) is 13.8 Å². The molecule has 0 aliphatic carbocycles. The van der Waals surface area contributed by atoms with Gasteiger partial charge in [-0.15, -0.1) is 0 Å². The first-order valence-electron chi connectivity index (χ1n) is 7.38. The Labute approximate surface area is 119 Å². The Bertz CT molecular complexity index is 315. The highest BCUT2D eigenvalue weighted by Crippen LogP contribution is 2.15. The predicted octanol–water partition coefficient (Wildman–Crippen LogP) is 2.92. The number of hydrogen-bond acceptors (Lipinski definition) is 3. The number of sulfonamides is 1. The maximum absolute atomic E-state index is 11.2. The Hall–Kier alpha value is -0.130. The van der Waals surface area contributed by atoms with Gasteiger partial charge in [0, 0.05) is 0 Å². The van der Waals surface area contributed by atoms with Gasteiger partial charge in [-0.25, -0.2) is 13.6 Å². The Balaban J connectivity index is 3.97. The molecule has 0 amide bonds. The minimum absolute atomic E-state index is 0.00716. The highest BCUT2D eigenvalue weighted by molar-refractivity contribution is 7.89. The standard InChI is InChI=1S/C14H31NO3S/c1-5-6-7-8-9-13(4)18-10-14(12(2)3)11-19(15,16)17/h12-14H,5-11H2,1-4H3,(H2,15,16,17). The van der Waals surface area contributed by atoms with Crippen molar-refractivity contribution in [3.05, 3.63) is 0 Å².